The van der Waals surface area contributed by atoms with Crippen LogP contribution in [0.5, 0.6) is 0 Å². The van der Waals surface area contributed by atoms with E-state index in [0.717, 1.165) is 12.3 Å². The van der Waals surface area contributed by atoms with E-state index in [1.165, 1.54) is 35.2 Å². The van der Waals surface area contributed by atoms with E-state index in [1.54, 1.807) is 31.2 Å². The molecule has 5 aromatic rings. The molecule has 0 radical (unpaired) electrons. The molecule has 0 aliphatic carbocycles. The highest BCUT2D eigenvalue weighted by Crippen LogP contribution is 2.24. The van der Waals surface area contributed by atoms with Crippen molar-refractivity contribution < 1.29 is 8.78 Å². The molecular weight excluding hydrogens is 502 g/mol. The molecule has 0 aliphatic heterocycles. The van der Waals surface area contributed by atoms with E-state index in [-0.39, 0.29) is 28.4 Å². The third-order valence-electron chi connectivity index (χ3n) is 5.75. The first kappa shape index (κ1) is 25.0. The van der Waals surface area contributed by atoms with E-state index >= 15 is 0 Å². The number of hydrogen-bond donors (Lipinski definition) is 2. The highest BCUT2D eigenvalue weighted by molar-refractivity contribution is 5.78. The van der Waals surface area contributed by atoms with Gasteiger partial charge in [-0.3, -0.25) is 9.36 Å². The van der Waals surface area contributed by atoms with Gasteiger partial charge in [-0.25, -0.2) is 28.7 Å². The van der Waals surface area contributed by atoms with E-state index < -0.39 is 23.2 Å². The molecule has 0 saturated heterocycles. The number of hydrogen-bond acceptors (Lipinski definition) is 8. The molecule has 3 heterocycles. The normalized spacial score (nSPS) is 11.3. The first-order chi connectivity index (χ1) is 18.8. The smallest absolute Gasteiger partial charge is 0.266 e. The lowest BCUT2D eigenvalue weighted by Gasteiger charge is -2.21. The molecule has 1 unspecified atom stereocenters. The summed E-state index contributed by atoms with van der Waals surface area (Å²) in [7, 11) is 0. The van der Waals surface area contributed by atoms with Crippen molar-refractivity contribution in [1.82, 2.24) is 24.5 Å². The maximum Gasteiger partial charge on any atom is 0.266 e. The molecule has 1 atom stereocenters. The predicted molar refractivity (Wildman–Crippen MR) is 141 cm³/mol. The van der Waals surface area contributed by atoms with Crippen LogP contribution in [0.15, 0.2) is 71.9 Å². The highest BCUT2D eigenvalue weighted by atomic mass is 19.1. The minimum absolute atomic E-state index is 0.0814. The van der Waals surface area contributed by atoms with Gasteiger partial charge in [-0.05, 0) is 61.4 Å². The standard InChI is InChI=1S/C28H18F2N8O/c1-16(36-26-22(25(32)34-15-35-26)9-8-20-7-5-19(30)14-33-20)27-37-24-10-6-18(29)12-23(24)28(39)38(27)21-4-2-3-17(11-21)13-31/h2-7,10-12,14-16H,1H3,(H3,32,34,35,36). The summed E-state index contributed by atoms with van der Waals surface area (Å²) in [6.07, 6.45) is 2.31. The van der Waals surface area contributed by atoms with Crippen molar-refractivity contribution in [3.05, 3.63) is 112 Å². The van der Waals surface area contributed by atoms with Crippen molar-refractivity contribution in [2.75, 3.05) is 11.1 Å². The Morgan fingerprint density at radius 2 is 1.85 bits per heavy atom. The van der Waals surface area contributed by atoms with Crippen LogP contribution in [-0.2, 0) is 0 Å². The average Bonchev–Trinajstić information content (AvgIpc) is 2.94. The predicted octanol–water partition coefficient (Wildman–Crippen LogP) is 3.88. The zero-order chi connectivity index (χ0) is 27.5. The van der Waals surface area contributed by atoms with Crippen molar-refractivity contribution in [2.45, 2.75) is 13.0 Å². The topological polar surface area (TPSA) is 135 Å². The summed E-state index contributed by atoms with van der Waals surface area (Å²) in [4.78, 5) is 30.4. The van der Waals surface area contributed by atoms with E-state index in [4.69, 9.17) is 5.73 Å². The fourth-order valence-corrected chi connectivity index (χ4v) is 3.91. The van der Waals surface area contributed by atoms with Crippen LogP contribution >= 0.6 is 0 Å². The second-order valence-corrected chi connectivity index (χ2v) is 8.39. The van der Waals surface area contributed by atoms with Gasteiger partial charge in [0.25, 0.3) is 5.56 Å². The van der Waals surface area contributed by atoms with Gasteiger partial charge in [0.05, 0.1) is 40.5 Å². The number of halogens is 2. The van der Waals surface area contributed by atoms with Gasteiger partial charge in [-0.15, -0.1) is 0 Å². The molecule has 190 valence electrons. The van der Waals surface area contributed by atoms with Crippen LogP contribution in [0.2, 0.25) is 0 Å². The lowest BCUT2D eigenvalue weighted by Crippen LogP contribution is -2.27. The third kappa shape index (κ3) is 5.10. The molecule has 0 fully saturated rings. The summed E-state index contributed by atoms with van der Waals surface area (Å²) >= 11 is 0. The Balaban J connectivity index is 1.62. The number of nitrogens with one attached hydrogen (secondary N) is 1. The van der Waals surface area contributed by atoms with Gasteiger partial charge in [0.15, 0.2) is 0 Å². The minimum Gasteiger partial charge on any atom is -0.382 e. The number of nitrogens with two attached hydrogens (primary N) is 1. The Morgan fingerprint density at radius 1 is 1.03 bits per heavy atom. The quantitative estimate of drug-likeness (QED) is 0.341. The number of nitrogens with zero attached hydrogens (tertiary/aromatic N) is 6. The molecule has 5 rings (SSSR count). The number of nitrogen functional groups attached to an aromatic ring is 1. The van der Waals surface area contributed by atoms with Crippen LogP contribution in [0, 0.1) is 34.8 Å². The van der Waals surface area contributed by atoms with Gasteiger partial charge in [-0.1, -0.05) is 12.0 Å². The van der Waals surface area contributed by atoms with Crippen LogP contribution in [0.3, 0.4) is 0 Å². The zero-order valence-corrected chi connectivity index (χ0v) is 20.4. The summed E-state index contributed by atoms with van der Waals surface area (Å²) in [5.74, 6) is 5.23. The largest absolute Gasteiger partial charge is 0.382 e. The van der Waals surface area contributed by atoms with E-state index in [0.29, 0.717) is 22.5 Å². The highest BCUT2D eigenvalue weighted by Gasteiger charge is 2.20. The van der Waals surface area contributed by atoms with Crippen LogP contribution in [0.1, 0.15) is 35.6 Å². The second kappa shape index (κ2) is 10.4. The molecule has 2 aromatic carbocycles. The number of anilines is 2. The zero-order valence-electron chi connectivity index (χ0n) is 20.4. The van der Waals surface area contributed by atoms with Crippen LogP contribution in [0.4, 0.5) is 20.4 Å². The summed E-state index contributed by atoms with van der Waals surface area (Å²) < 4.78 is 28.5. The summed E-state index contributed by atoms with van der Waals surface area (Å²) in [6.45, 7) is 1.75. The molecule has 11 heteroatoms. The van der Waals surface area contributed by atoms with Crippen molar-refractivity contribution in [2.24, 2.45) is 0 Å². The molecule has 39 heavy (non-hydrogen) atoms. The first-order valence-corrected chi connectivity index (χ1v) is 11.6. The van der Waals surface area contributed by atoms with Gasteiger partial charge < -0.3 is 11.1 Å². The van der Waals surface area contributed by atoms with Crippen molar-refractivity contribution in [3.63, 3.8) is 0 Å². The summed E-state index contributed by atoms with van der Waals surface area (Å²) in [5.41, 5.74) is 7.15. The number of benzene rings is 2. The fraction of sp³-hybridized carbons (Fsp3) is 0.0714. The van der Waals surface area contributed by atoms with Gasteiger partial charge in [0, 0.05) is 0 Å². The van der Waals surface area contributed by atoms with E-state index in [1.807, 2.05) is 0 Å². The second-order valence-electron chi connectivity index (χ2n) is 8.39. The van der Waals surface area contributed by atoms with Gasteiger partial charge in [-0.2, -0.15) is 5.26 Å². The Kier molecular flexibility index (Phi) is 6.64. The molecule has 0 aliphatic rings. The first-order valence-electron chi connectivity index (χ1n) is 11.6. The van der Waals surface area contributed by atoms with Crippen molar-refractivity contribution in [3.8, 4) is 23.6 Å². The number of rotatable bonds is 4. The van der Waals surface area contributed by atoms with Crippen LogP contribution in [0.25, 0.3) is 16.6 Å². The molecule has 3 aromatic heterocycles. The maximum absolute atomic E-state index is 14.0. The molecule has 0 bridgehead atoms. The lowest BCUT2D eigenvalue weighted by molar-refractivity contribution is 0.621. The number of nitriles is 1. The Morgan fingerprint density at radius 3 is 2.62 bits per heavy atom. The van der Waals surface area contributed by atoms with E-state index in [2.05, 4.69) is 43.2 Å². The SMILES string of the molecule is CC(Nc1ncnc(N)c1C#Cc1ccc(F)cn1)c1nc2ccc(F)cc2c(=O)n1-c1cccc(C#N)c1. The average molecular weight is 521 g/mol. The molecule has 0 amide bonds. The minimum atomic E-state index is -0.656. The van der Waals surface area contributed by atoms with E-state index in [9.17, 15) is 18.8 Å². The van der Waals surface area contributed by atoms with Crippen LogP contribution in [-0.4, -0.2) is 24.5 Å². The molecule has 3 N–H and O–H groups in total. The van der Waals surface area contributed by atoms with Crippen LogP contribution < -0.4 is 16.6 Å². The van der Waals surface area contributed by atoms with Gasteiger partial charge >= 0.3 is 0 Å². The summed E-state index contributed by atoms with van der Waals surface area (Å²) in [5, 5.41) is 12.6. The molecular formula is C28H18F2N8O. The van der Waals surface area contributed by atoms with Crippen molar-refractivity contribution in [1.29, 1.82) is 5.26 Å². The number of aromatic nitrogens is 5. The molecule has 0 spiro atoms. The molecule has 0 saturated carbocycles. The number of pyridine rings is 1. The van der Waals surface area contributed by atoms with Gasteiger partial charge in [0.2, 0.25) is 0 Å². The third-order valence-corrected chi connectivity index (χ3v) is 5.75. The van der Waals surface area contributed by atoms with Crippen molar-refractivity contribution >= 4 is 22.5 Å². The monoisotopic (exact) mass is 520 g/mol. The number of fused-ring (bicyclic) bond motifs is 1. The summed E-state index contributed by atoms with van der Waals surface area (Å²) in [6, 6.07) is 14.3. The Bertz CT molecular complexity index is 1890. The molecule has 9 nitrogen and oxygen atoms in total. The Labute approximate surface area is 220 Å². The van der Waals surface area contributed by atoms with Gasteiger partial charge in [0.1, 0.15) is 46.7 Å². The fourth-order valence-electron chi connectivity index (χ4n) is 3.91. The maximum atomic E-state index is 14.0. The lowest BCUT2D eigenvalue weighted by atomic mass is 10.1. The Hall–Kier alpha value is -5.68.